The number of phenols is 1. The van der Waals surface area contributed by atoms with Crippen LogP contribution in [0.3, 0.4) is 0 Å². The number of aromatic carboxylic acids is 1. The molecular weight excluding hydrogens is 522 g/mol. The number of nitrogens with zero attached hydrogens (tertiary/aromatic N) is 3. The molecule has 0 bridgehead atoms. The number of carboxylic acids is 1. The molecule has 0 aliphatic carbocycles. The van der Waals surface area contributed by atoms with Crippen LogP contribution in [0.15, 0.2) is 54.9 Å². The van der Waals surface area contributed by atoms with Crippen LogP contribution in [0.4, 0.5) is 8.78 Å². The van der Waals surface area contributed by atoms with E-state index in [4.69, 9.17) is 9.47 Å². The summed E-state index contributed by atoms with van der Waals surface area (Å²) in [6.07, 6.45) is 1.74. The van der Waals surface area contributed by atoms with Gasteiger partial charge in [0.2, 0.25) is 0 Å². The molecule has 0 aliphatic rings. The third kappa shape index (κ3) is 4.49. The van der Waals surface area contributed by atoms with Gasteiger partial charge in [-0.1, -0.05) is 19.9 Å². The summed E-state index contributed by atoms with van der Waals surface area (Å²) in [6.45, 7) is 3.89. The lowest BCUT2D eigenvalue weighted by Crippen LogP contribution is -2.25. The quantitative estimate of drug-likeness (QED) is 0.230. The molecule has 3 N–H and O–H groups in total. The van der Waals surface area contributed by atoms with Gasteiger partial charge in [-0.15, -0.1) is 0 Å². The highest BCUT2D eigenvalue weighted by Gasteiger charge is 2.35. The Balaban J connectivity index is 1.94. The fraction of sp³-hybridized carbons (Fsp3) is 0.207. The van der Waals surface area contributed by atoms with Gasteiger partial charge in [0, 0.05) is 40.9 Å². The van der Waals surface area contributed by atoms with Crippen molar-refractivity contribution < 1.29 is 33.3 Å². The summed E-state index contributed by atoms with van der Waals surface area (Å²) in [6, 6.07) is 11.1. The zero-order chi connectivity index (χ0) is 28.8. The van der Waals surface area contributed by atoms with Gasteiger partial charge in [0.1, 0.15) is 35.0 Å². The third-order valence-corrected chi connectivity index (χ3v) is 6.84. The molecule has 0 atom stereocenters. The standard InChI is InChI=1S/C29H26F2N4O5/c1-29(2,13-24-32-14-33-34-24)27-25(15-5-7-18(28(37)38)22(9-15)39-3)26-20(10-16(30)11-21(26)36)35(27)17-6-8-19(31)23(12-17)40-4/h5-12,14,36H,13H2,1-4H3,(H,37,38)(H,32,33,34). The largest absolute Gasteiger partial charge is 0.507 e. The highest BCUT2D eigenvalue weighted by molar-refractivity contribution is 6.04. The van der Waals surface area contributed by atoms with Crippen molar-refractivity contribution in [3.05, 3.63) is 83.6 Å². The van der Waals surface area contributed by atoms with Crippen LogP contribution < -0.4 is 9.47 Å². The Hall–Kier alpha value is -4.93. The van der Waals surface area contributed by atoms with E-state index in [0.29, 0.717) is 45.7 Å². The first kappa shape index (κ1) is 26.7. The SMILES string of the molecule is COc1cc(-n2c(C(C)(C)Cc3ncn[nH]3)c(-c3ccc(C(=O)O)c(OC)c3)c3c(O)cc(F)cc32)ccc1F. The normalized spacial score (nSPS) is 11.7. The first-order chi connectivity index (χ1) is 19.1. The van der Waals surface area contributed by atoms with Crippen LogP contribution in [0.1, 0.15) is 35.7 Å². The number of aromatic hydroxyl groups is 1. The molecule has 9 nitrogen and oxygen atoms in total. The molecule has 0 fully saturated rings. The average molecular weight is 549 g/mol. The molecule has 5 aromatic rings. The Bertz CT molecular complexity index is 1750. The van der Waals surface area contributed by atoms with Crippen molar-refractivity contribution in [2.45, 2.75) is 25.7 Å². The Morgan fingerprint density at radius 1 is 1.05 bits per heavy atom. The number of H-pyrrole nitrogens is 1. The highest BCUT2D eigenvalue weighted by Crippen LogP contribution is 2.48. The van der Waals surface area contributed by atoms with Crippen molar-refractivity contribution in [2.24, 2.45) is 0 Å². The molecular formula is C29H26F2N4O5. The number of nitrogens with one attached hydrogen (secondary N) is 1. The van der Waals surface area contributed by atoms with E-state index < -0.39 is 23.0 Å². The number of phenolic OH excluding ortho intramolecular Hbond substituents is 1. The van der Waals surface area contributed by atoms with E-state index in [1.807, 2.05) is 13.8 Å². The first-order valence-electron chi connectivity index (χ1n) is 12.2. The van der Waals surface area contributed by atoms with E-state index in [1.54, 1.807) is 16.7 Å². The van der Waals surface area contributed by atoms with Gasteiger partial charge in [0.25, 0.3) is 0 Å². The molecule has 2 heterocycles. The Kier molecular flexibility index (Phi) is 6.66. The Labute approximate surface area is 227 Å². The summed E-state index contributed by atoms with van der Waals surface area (Å²) in [4.78, 5) is 16.1. The van der Waals surface area contributed by atoms with Gasteiger partial charge in [-0.05, 0) is 35.9 Å². The number of aromatic nitrogens is 4. The van der Waals surface area contributed by atoms with Crippen LogP contribution in [0.25, 0.3) is 27.7 Å². The molecule has 40 heavy (non-hydrogen) atoms. The van der Waals surface area contributed by atoms with Crippen LogP contribution in [0, 0.1) is 11.6 Å². The number of hydrogen-bond donors (Lipinski definition) is 3. The van der Waals surface area contributed by atoms with Crippen molar-refractivity contribution >= 4 is 16.9 Å². The second-order valence-corrected chi connectivity index (χ2v) is 9.91. The smallest absolute Gasteiger partial charge is 0.339 e. The number of fused-ring (bicyclic) bond motifs is 1. The van der Waals surface area contributed by atoms with E-state index >= 15 is 0 Å². The third-order valence-electron chi connectivity index (χ3n) is 6.84. The van der Waals surface area contributed by atoms with Gasteiger partial charge in [0.15, 0.2) is 11.6 Å². The predicted octanol–water partition coefficient (Wildman–Crippen LogP) is 5.64. The zero-order valence-corrected chi connectivity index (χ0v) is 22.1. The topological polar surface area (TPSA) is 122 Å². The van der Waals surface area contributed by atoms with E-state index in [0.717, 1.165) is 6.07 Å². The van der Waals surface area contributed by atoms with E-state index in [-0.39, 0.29) is 22.8 Å². The molecule has 0 radical (unpaired) electrons. The van der Waals surface area contributed by atoms with Gasteiger partial charge in [0.05, 0.1) is 25.1 Å². The number of ether oxygens (including phenoxy) is 2. The number of hydrogen-bond acceptors (Lipinski definition) is 6. The van der Waals surface area contributed by atoms with Gasteiger partial charge in [-0.3, -0.25) is 5.10 Å². The van der Waals surface area contributed by atoms with Crippen molar-refractivity contribution in [3.8, 4) is 34.1 Å². The Morgan fingerprint density at radius 2 is 1.80 bits per heavy atom. The molecule has 0 spiro atoms. The summed E-state index contributed by atoms with van der Waals surface area (Å²) < 4.78 is 41.6. The molecule has 0 saturated heterocycles. The van der Waals surface area contributed by atoms with Crippen LogP contribution in [-0.2, 0) is 11.8 Å². The summed E-state index contributed by atoms with van der Waals surface area (Å²) in [5, 5.41) is 27.9. The molecule has 0 amide bonds. The zero-order valence-electron chi connectivity index (χ0n) is 22.1. The summed E-state index contributed by atoms with van der Waals surface area (Å²) in [5.41, 5.74) is 1.58. The molecule has 0 saturated carbocycles. The van der Waals surface area contributed by atoms with Gasteiger partial charge < -0.3 is 24.3 Å². The maximum atomic E-state index is 14.8. The summed E-state index contributed by atoms with van der Waals surface area (Å²) in [7, 11) is 2.71. The monoisotopic (exact) mass is 548 g/mol. The number of rotatable bonds is 8. The van der Waals surface area contributed by atoms with E-state index in [1.165, 1.54) is 50.9 Å². The predicted molar refractivity (Wildman–Crippen MR) is 143 cm³/mol. The molecule has 11 heteroatoms. The minimum absolute atomic E-state index is 0.0204. The number of aromatic amines is 1. The number of carbonyl (C=O) groups is 1. The molecule has 5 rings (SSSR count). The molecule has 0 unspecified atom stereocenters. The van der Waals surface area contributed by atoms with Gasteiger partial charge >= 0.3 is 5.97 Å². The lowest BCUT2D eigenvalue weighted by molar-refractivity contribution is 0.0693. The maximum absolute atomic E-state index is 14.8. The van der Waals surface area contributed by atoms with Crippen LogP contribution in [-0.4, -0.2) is 50.2 Å². The lowest BCUT2D eigenvalue weighted by Gasteiger charge is -2.28. The van der Waals surface area contributed by atoms with Crippen molar-refractivity contribution in [3.63, 3.8) is 0 Å². The lowest BCUT2D eigenvalue weighted by atomic mass is 9.81. The van der Waals surface area contributed by atoms with E-state index in [9.17, 15) is 23.8 Å². The van der Waals surface area contributed by atoms with Crippen LogP contribution >= 0.6 is 0 Å². The van der Waals surface area contributed by atoms with Crippen LogP contribution in [0.5, 0.6) is 17.2 Å². The first-order valence-corrected chi connectivity index (χ1v) is 12.2. The average Bonchev–Trinajstić information content (AvgIpc) is 3.54. The number of carboxylic acid groups (broad SMARTS) is 1. The van der Waals surface area contributed by atoms with Crippen molar-refractivity contribution in [1.82, 2.24) is 19.7 Å². The molecule has 2 aromatic heterocycles. The molecule has 3 aromatic carbocycles. The van der Waals surface area contributed by atoms with Gasteiger partial charge in [-0.2, -0.15) is 5.10 Å². The Morgan fingerprint density at radius 3 is 2.45 bits per heavy atom. The van der Waals surface area contributed by atoms with Crippen LogP contribution in [0.2, 0.25) is 0 Å². The van der Waals surface area contributed by atoms with Gasteiger partial charge in [-0.25, -0.2) is 18.6 Å². The van der Waals surface area contributed by atoms with Crippen molar-refractivity contribution in [2.75, 3.05) is 14.2 Å². The summed E-state index contributed by atoms with van der Waals surface area (Å²) >= 11 is 0. The number of methoxy groups -OCH3 is 2. The second-order valence-electron chi connectivity index (χ2n) is 9.91. The number of benzene rings is 3. The fourth-order valence-electron chi connectivity index (χ4n) is 5.18. The minimum Gasteiger partial charge on any atom is -0.507 e. The highest BCUT2D eigenvalue weighted by atomic mass is 19.1. The number of halogens is 2. The molecule has 206 valence electrons. The fourth-order valence-corrected chi connectivity index (χ4v) is 5.18. The minimum atomic E-state index is -1.17. The van der Waals surface area contributed by atoms with Crippen molar-refractivity contribution in [1.29, 1.82) is 0 Å². The summed E-state index contributed by atoms with van der Waals surface area (Å²) in [5.74, 6) is -2.08. The maximum Gasteiger partial charge on any atom is 0.339 e. The van der Waals surface area contributed by atoms with E-state index in [2.05, 4.69) is 15.2 Å². The molecule has 0 aliphatic heterocycles. The second kappa shape index (κ2) is 9.99.